The Hall–Kier alpha value is -1.22. The molecule has 1 heterocycles. The average molecular weight is 269 g/mol. The summed E-state index contributed by atoms with van der Waals surface area (Å²) in [6.45, 7) is 6.21. The number of nitrogens with two attached hydrogens (primary N) is 1. The van der Waals surface area contributed by atoms with Gasteiger partial charge in [-0.05, 0) is 42.5 Å². The zero-order valence-electron chi connectivity index (χ0n) is 10.9. The highest BCUT2D eigenvalue weighted by atomic mass is 35.5. The van der Waals surface area contributed by atoms with E-state index in [1.165, 1.54) is 0 Å². The minimum atomic E-state index is 0. The van der Waals surface area contributed by atoms with E-state index in [1.54, 1.807) is 24.3 Å². The van der Waals surface area contributed by atoms with E-state index in [9.17, 15) is 4.79 Å². The molecule has 2 N–H and O–H groups in total. The lowest BCUT2D eigenvalue weighted by Gasteiger charge is -2.35. The largest absolute Gasteiger partial charge is 0.399 e. The van der Waals surface area contributed by atoms with Crippen LogP contribution >= 0.6 is 12.4 Å². The third-order valence-corrected chi connectivity index (χ3v) is 3.78. The molecule has 4 heteroatoms. The van der Waals surface area contributed by atoms with Crippen molar-refractivity contribution in [2.75, 3.05) is 18.8 Å². The molecular weight excluding hydrogens is 248 g/mol. The molecule has 0 spiro atoms. The van der Waals surface area contributed by atoms with Gasteiger partial charge in [0.2, 0.25) is 0 Å². The highest BCUT2D eigenvalue weighted by molar-refractivity contribution is 5.94. The fourth-order valence-electron chi connectivity index (χ4n) is 2.26. The van der Waals surface area contributed by atoms with Crippen molar-refractivity contribution in [2.24, 2.45) is 11.8 Å². The van der Waals surface area contributed by atoms with E-state index < -0.39 is 0 Å². The van der Waals surface area contributed by atoms with Crippen LogP contribution in [0.5, 0.6) is 0 Å². The summed E-state index contributed by atoms with van der Waals surface area (Å²) >= 11 is 0. The van der Waals surface area contributed by atoms with Crippen LogP contribution in [0.1, 0.15) is 30.6 Å². The van der Waals surface area contributed by atoms with Gasteiger partial charge in [-0.2, -0.15) is 0 Å². The molecule has 100 valence electrons. The summed E-state index contributed by atoms with van der Waals surface area (Å²) in [6.07, 6.45) is 1.10. The van der Waals surface area contributed by atoms with Crippen molar-refractivity contribution in [1.29, 1.82) is 0 Å². The Morgan fingerprint density at radius 2 is 1.83 bits per heavy atom. The monoisotopic (exact) mass is 268 g/mol. The maximum Gasteiger partial charge on any atom is 0.253 e. The van der Waals surface area contributed by atoms with Gasteiger partial charge in [-0.1, -0.05) is 13.8 Å². The minimum Gasteiger partial charge on any atom is -0.399 e. The van der Waals surface area contributed by atoms with Crippen molar-refractivity contribution in [3.05, 3.63) is 29.8 Å². The summed E-state index contributed by atoms with van der Waals surface area (Å²) in [5, 5.41) is 0. The van der Waals surface area contributed by atoms with Crippen molar-refractivity contribution < 1.29 is 4.79 Å². The van der Waals surface area contributed by atoms with E-state index in [1.807, 2.05) is 4.90 Å². The summed E-state index contributed by atoms with van der Waals surface area (Å²) in [7, 11) is 0. The lowest BCUT2D eigenvalue weighted by Crippen LogP contribution is -2.42. The number of nitrogen functional groups attached to an aromatic ring is 1. The second kappa shape index (κ2) is 6.10. The van der Waals surface area contributed by atoms with Gasteiger partial charge in [0.1, 0.15) is 0 Å². The number of benzene rings is 1. The van der Waals surface area contributed by atoms with Crippen LogP contribution in [0, 0.1) is 11.8 Å². The van der Waals surface area contributed by atoms with Crippen molar-refractivity contribution in [3.8, 4) is 0 Å². The quantitative estimate of drug-likeness (QED) is 0.796. The molecule has 2 rings (SSSR count). The molecule has 1 amide bonds. The van der Waals surface area contributed by atoms with Crippen molar-refractivity contribution in [1.82, 2.24) is 4.90 Å². The molecular formula is C14H21ClN2O. The Balaban J connectivity index is 0.00000162. The smallest absolute Gasteiger partial charge is 0.253 e. The van der Waals surface area contributed by atoms with Gasteiger partial charge in [-0.25, -0.2) is 0 Å². The number of piperidine rings is 1. The maximum absolute atomic E-state index is 12.2. The number of amides is 1. The number of hydrogen-bond donors (Lipinski definition) is 1. The Morgan fingerprint density at radius 3 is 2.39 bits per heavy atom. The number of halogens is 1. The third kappa shape index (κ3) is 3.16. The SMILES string of the molecule is CC1CCN(C(=O)c2ccc(N)cc2)CC1C.Cl. The zero-order valence-corrected chi connectivity index (χ0v) is 11.7. The van der Waals surface area contributed by atoms with Crippen LogP contribution in [-0.4, -0.2) is 23.9 Å². The normalized spacial score (nSPS) is 23.3. The van der Waals surface area contributed by atoms with Crippen molar-refractivity contribution in [2.45, 2.75) is 20.3 Å². The molecule has 1 aromatic carbocycles. The Labute approximate surface area is 115 Å². The van der Waals surface area contributed by atoms with Crippen molar-refractivity contribution >= 4 is 24.0 Å². The molecule has 0 aromatic heterocycles. The number of carbonyl (C=O) groups excluding carboxylic acids is 1. The molecule has 1 fully saturated rings. The van der Waals surface area contributed by atoms with E-state index in [4.69, 9.17) is 5.73 Å². The van der Waals surface area contributed by atoms with Crippen LogP contribution in [0.4, 0.5) is 5.69 Å². The molecule has 18 heavy (non-hydrogen) atoms. The molecule has 2 atom stereocenters. The fraction of sp³-hybridized carbons (Fsp3) is 0.500. The molecule has 0 aliphatic carbocycles. The predicted molar refractivity (Wildman–Crippen MR) is 77.0 cm³/mol. The molecule has 1 saturated heterocycles. The first-order valence-electron chi connectivity index (χ1n) is 6.22. The first kappa shape index (κ1) is 14.8. The summed E-state index contributed by atoms with van der Waals surface area (Å²) in [5.74, 6) is 1.43. The van der Waals surface area contributed by atoms with Crippen LogP contribution in [0.15, 0.2) is 24.3 Å². The highest BCUT2D eigenvalue weighted by Crippen LogP contribution is 2.23. The number of nitrogens with zero attached hydrogens (tertiary/aromatic N) is 1. The van der Waals surface area contributed by atoms with Crippen LogP contribution in [0.3, 0.4) is 0 Å². The van der Waals surface area contributed by atoms with Crippen LogP contribution in [0.2, 0.25) is 0 Å². The predicted octanol–water partition coefficient (Wildman–Crippen LogP) is 2.81. The van der Waals surface area contributed by atoms with E-state index in [2.05, 4.69) is 13.8 Å². The standard InChI is InChI=1S/C14H20N2O.ClH/c1-10-7-8-16(9-11(10)2)14(17)12-3-5-13(15)6-4-12;/h3-6,10-11H,7-9,15H2,1-2H3;1H. The lowest BCUT2D eigenvalue weighted by atomic mass is 9.88. The summed E-state index contributed by atoms with van der Waals surface area (Å²) in [4.78, 5) is 14.2. The van der Waals surface area contributed by atoms with Gasteiger partial charge >= 0.3 is 0 Å². The van der Waals surface area contributed by atoms with E-state index in [0.717, 1.165) is 25.1 Å². The maximum atomic E-state index is 12.2. The lowest BCUT2D eigenvalue weighted by molar-refractivity contribution is 0.0627. The molecule has 2 unspecified atom stereocenters. The number of carbonyl (C=O) groups is 1. The van der Waals surface area contributed by atoms with E-state index in [-0.39, 0.29) is 18.3 Å². The van der Waals surface area contributed by atoms with Gasteiger partial charge in [0.05, 0.1) is 0 Å². The number of rotatable bonds is 1. The molecule has 0 saturated carbocycles. The van der Waals surface area contributed by atoms with Gasteiger partial charge in [-0.15, -0.1) is 12.4 Å². The minimum absolute atomic E-state index is 0. The number of likely N-dealkylation sites (tertiary alicyclic amines) is 1. The average Bonchev–Trinajstić information content (AvgIpc) is 2.33. The zero-order chi connectivity index (χ0) is 12.4. The van der Waals surface area contributed by atoms with Crippen LogP contribution in [0.25, 0.3) is 0 Å². The van der Waals surface area contributed by atoms with Crippen LogP contribution < -0.4 is 5.73 Å². The molecule has 3 nitrogen and oxygen atoms in total. The summed E-state index contributed by atoms with van der Waals surface area (Å²) in [6, 6.07) is 7.17. The first-order chi connectivity index (χ1) is 8.08. The number of hydrogen-bond acceptors (Lipinski definition) is 2. The van der Waals surface area contributed by atoms with Crippen molar-refractivity contribution in [3.63, 3.8) is 0 Å². The van der Waals surface area contributed by atoms with Gasteiger partial charge in [-0.3, -0.25) is 4.79 Å². The second-order valence-corrected chi connectivity index (χ2v) is 5.12. The summed E-state index contributed by atoms with van der Waals surface area (Å²) in [5.41, 5.74) is 7.05. The fourth-order valence-corrected chi connectivity index (χ4v) is 2.26. The molecule has 1 aliphatic rings. The second-order valence-electron chi connectivity index (χ2n) is 5.12. The molecule has 0 radical (unpaired) electrons. The van der Waals surface area contributed by atoms with Gasteiger partial charge in [0, 0.05) is 24.3 Å². The topological polar surface area (TPSA) is 46.3 Å². The third-order valence-electron chi connectivity index (χ3n) is 3.78. The highest BCUT2D eigenvalue weighted by Gasteiger charge is 2.26. The van der Waals surface area contributed by atoms with E-state index >= 15 is 0 Å². The Morgan fingerprint density at radius 1 is 1.22 bits per heavy atom. The number of anilines is 1. The first-order valence-corrected chi connectivity index (χ1v) is 6.22. The van der Waals surface area contributed by atoms with E-state index in [0.29, 0.717) is 17.5 Å². The van der Waals surface area contributed by atoms with Gasteiger partial charge < -0.3 is 10.6 Å². The molecule has 1 aliphatic heterocycles. The Kier molecular flexibility index (Phi) is 5.03. The summed E-state index contributed by atoms with van der Waals surface area (Å²) < 4.78 is 0. The van der Waals surface area contributed by atoms with Gasteiger partial charge in [0.15, 0.2) is 0 Å². The Bertz CT molecular complexity index is 405. The van der Waals surface area contributed by atoms with Crippen LogP contribution in [-0.2, 0) is 0 Å². The molecule has 1 aromatic rings. The molecule has 0 bridgehead atoms. The van der Waals surface area contributed by atoms with Gasteiger partial charge in [0.25, 0.3) is 5.91 Å².